The highest BCUT2D eigenvalue weighted by atomic mass is 16.5. The second kappa shape index (κ2) is 7.34. The molecule has 0 amide bonds. The Morgan fingerprint density at radius 3 is 2.72 bits per heavy atom. The van der Waals surface area contributed by atoms with Crippen molar-refractivity contribution >= 4 is 16.6 Å². The van der Waals surface area contributed by atoms with Crippen molar-refractivity contribution in [2.75, 3.05) is 7.11 Å². The van der Waals surface area contributed by atoms with Gasteiger partial charge >= 0.3 is 0 Å². The van der Waals surface area contributed by atoms with Crippen molar-refractivity contribution in [3.63, 3.8) is 0 Å². The number of hydrogen-bond donors (Lipinski definition) is 0. The monoisotopic (exact) mass is 423 g/mol. The van der Waals surface area contributed by atoms with Gasteiger partial charge in [0, 0.05) is 24.0 Å². The van der Waals surface area contributed by atoms with E-state index in [1.165, 1.54) is 0 Å². The minimum atomic E-state index is -0.306. The Kier molecular flexibility index (Phi) is 4.31. The lowest BCUT2D eigenvalue weighted by atomic mass is 9.77. The Morgan fingerprint density at radius 1 is 1.03 bits per heavy atom. The predicted octanol–water partition coefficient (Wildman–Crippen LogP) is 4.96. The zero-order valence-electron chi connectivity index (χ0n) is 17.6. The van der Waals surface area contributed by atoms with Crippen molar-refractivity contribution in [1.29, 1.82) is 0 Å². The number of fused-ring (bicyclic) bond motifs is 3. The average Bonchev–Trinajstić information content (AvgIpc) is 3.33. The second-order valence-corrected chi connectivity index (χ2v) is 8.13. The second-order valence-electron chi connectivity index (χ2n) is 8.13. The van der Waals surface area contributed by atoms with Crippen LogP contribution in [-0.2, 0) is 4.79 Å². The van der Waals surface area contributed by atoms with Gasteiger partial charge in [0.25, 0.3) is 0 Å². The van der Waals surface area contributed by atoms with Gasteiger partial charge in [-0.25, -0.2) is 4.68 Å². The molecule has 1 atom stereocenters. The molecule has 0 radical (unpaired) electrons. The normalized spacial score (nSPS) is 17.7. The van der Waals surface area contributed by atoms with Crippen LogP contribution in [0, 0.1) is 0 Å². The van der Waals surface area contributed by atoms with Crippen LogP contribution in [0.15, 0.2) is 78.2 Å². The van der Waals surface area contributed by atoms with Gasteiger partial charge in [-0.15, -0.1) is 5.10 Å². The Bertz CT molecular complexity index is 1390. The fraction of sp³-hybridized carbons (Fsp3) is 0.192. The average molecular weight is 423 g/mol. The molecule has 0 saturated carbocycles. The highest BCUT2D eigenvalue weighted by Crippen LogP contribution is 2.48. The van der Waals surface area contributed by atoms with Crippen LogP contribution >= 0.6 is 0 Å². The molecule has 0 fully saturated rings. The van der Waals surface area contributed by atoms with Gasteiger partial charge in [-0.05, 0) is 47.5 Å². The molecular weight excluding hydrogens is 402 g/mol. The summed E-state index contributed by atoms with van der Waals surface area (Å²) in [7, 11) is 1.64. The standard InChI is InChI=1S/C26H21N3O3/c1-31-18-12-10-17(11-13-18)29-15-20(27-28-29)25-24-19-6-3-2-5-16(19)9-14-23(24)32-22-8-4-7-21(30)26(22)25/h2-3,5-6,9-15,25H,4,7-8H2,1H3. The third-order valence-corrected chi connectivity index (χ3v) is 6.29. The van der Waals surface area contributed by atoms with E-state index in [9.17, 15) is 4.79 Å². The van der Waals surface area contributed by atoms with Gasteiger partial charge in [0.05, 0.1) is 30.6 Å². The van der Waals surface area contributed by atoms with E-state index >= 15 is 0 Å². The van der Waals surface area contributed by atoms with Crippen LogP contribution in [-0.4, -0.2) is 27.9 Å². The first-order chi connectivity index (χ1) is 15.7. The summed E-state index contributed by atoms with van der Waals surface area (Å²) < 4.78 is 13.3. The third-order valence-electron chi connectivity index (χ3n) is 6.29. The number of hydrogen-bond acceptors (Lipinski definition) is 5. The molecule has 6 rings (SSSR count). The van der Waals surface area contributed by atoms with Crippen LogP contribution in [0.4, 0.5) is 0 Å². The maximum absolute atomic E-state index is 13.1. The maximum atomic E-state index is 13.1. The quantitative estimate of drug-likeness (QED) is 0.466. The summed E-state index contributed by atoms with van der Waals surface area (Å²) in [5.41, 5.74) is 3.32. The summed E-state index contributed by atoms with van der Waals surface area (Å²) in [4.78, 5) is 13.1. The van der Waals surface area contributed by atoms with Gasteiger partial charge < -0.3 is 9.47 Å². The summed E-state index contributed by atoms with van der Waals surface area (Å²) in [5, 5.41) is 11.1. The van der Waals surface area contributed by atoms with Gasteiger partial charge in [0.2, 0.25) is 0 Å². The van der Waals surface area contributed by atoms with Crippen molar-refractivity contribution in [2.45, 2.75) is 25.2 Å². The van der Waals surface area contributed by atoms with Crippen LogP contribution in [0.25, 0.3) is 16.5 Å². The van der Waals surface area contributed by atoms with Gasteiger partial charge in [-0.3, -0.25) is 4.79 Å². The van der Waals surface area contributed by atoms with Crippen LogP contribution in [0.5, 0.6) is 11.5 Å². The molecule has 32 heavy (non-hydrogen) atoms. The molecule has 1 unspecified atom stereocenters. The van der Waals surface area contributed by atoms with E-state index < -0.39 is 0 Å². The number of ether oxygens (including phenoxy) is 2. The summed E-state index contributed by atoms with van der Waals surface area (Å²) >= 11 is 0. The molecule has 1 aliphatic carbocycles. The highest BCUT2D eigenvalue weighted by molar-refractivity contribution is 6.01. The number of rotatable bonds is 3. The Balaban J connectivity index is 1.54. The molecule has 0 N–H and O–H groups in total. The highest BCUT2D eigenvalue weighted by Gasteiger charge is 2.39. The molecule has 0 saturated heterocycles. The number of benzene rings is 3. The lowest BCUT2D eigenvalue weighted by Crippen LogP contribution is -2.26. The number of nitrogens with zero attached hydrogens (tertiary/aromatic N) is 3. The predicted molar refractivity (Wildman–Crippen MR) is 120 cm³/mol. The zero-order chi connectivity index (χ0) is 21.7. The van der Waals surface area contributed by atoms with Crippen molar-refractivity contribution in [3.05, 3.63) is 89.5 Å². The first-order valence-electron chi connectivity index (χ1n) is 10.8. The lowest BCUT2D eigenvalue weighted by molar-refractivity contribution is -0.116. The Hall–Kier alpha value is -3.93. The largest absolute Gasteiger partial charge is 0.497 e. The Labute approximate surface area is 185 Å². The third kappa shape index (κ3) is 2.91. The van der Waals surface area contributed by atoms with Crippen LogP contribution in [0.2, 0.25) is 0 Å². The van der Waals surface area contributed by atoms with Gasteiger partial charge in [-0.2, -0.15) is 0 Å². The molecule has 158 valence electrons. The van der Waals surface area contributed by atoms with E-state index in [0.29, 0.717) is 6.42 Å². The van der Waals surface area contributed by atoms with Crippen molar-refractivity contribution in [2.24, 2.45) is 0 Å². The minimum Gasteiger partial charge on any atom is -0.497 e. The molecular formula is C26H21N3O3. The van der Waals surface area contributed by atoms with Crippen LogP contribution in [0.1, 0.15) is 36.4 Å². The number of aromatic nitrogens is 3. The van der Waals surface area contributed by atoms with Crippen molar-refractivity contribution in [3.8, 4) is 17.2 Å². The van der Waals surface area contributed by atoms with Gasteiger partial charge in [-0.1, -0.05) is 35.5 Å². The summed E-state index contributed by atoms with van der Waals surface area (Å²) in [6.45, 7) is 0. The van der Waals surface area contributed by atoms with E-state index in [1.807, 2.05) is 48.7 Å². The topological polar surface area (TPSA) is 66.2 Å². The van der Waals surface area contributed by atoms with E-state index in [-0.39, 0.29) is 11.7 Å². The lowest BCUT2D eigenvalue weighted by Gasteiger charge is -2.32. The zero-order valence-corrected chi connectivity index (χ0v) is 17.6. The minimum absolute atomic E-state index is 0.133. The molecule has 0 bridgehead atoms. The maximum Gasteiger partial charge on any atom is 0.163 e. The number of Topliss-reactive ketones (excluding diaryl/α,β-unsaturated/α-hetero) is 1. The van der Waals surface area contributed by atoms with Gasteiger partial charge in [0.15, 0.2) is 5.78 Å². The molecule has 3 aromatic carbocycles. The number of methoxy groups -OCH3 is 1. The van der Waals surface area contributed by atoms with E-state index in [4.69, 9.17) is 9.47 Å². The molecule has 2 aliphatic rings. The fourth-order valence-electron chi connectivity index (χ4n) is 4.77. The molecule has 1 aliphatic heterocycles. The molecule has 4 aromatic rings. The smallest absolute Gasteiger partial charge is 0.163 e. The summed E-state index contributed by atoms with van der Waals surface area (Å²) in [6, 6.07) is 19.9. The molecule has 6 nitrogen and oxygen atoms in total. The van der Waals surface area contributed by atoms with Crippen molar-refractivity contribution in [1.82, 2.24) is 15.0 Å². The number of allylic oxidation sites excluding steroid dienone is 2. The number of carbonyl (C=O) groups is 1. The number of carbonyl (C=O) groups excluding carboxylic acids is 1. The van der Waals surface area contributed by atoms with Gasteiger partial charge in [0.1, 0.15) is 17.3 Å². The first-order valence-corrected chi connectivity index (χ1v) is 10.8. The fourth-order valence-corrected chi connectivity index (χ4v) is 4.77. The molecule has 2 heterocycles. The summed E-state index contributed by atoms with van der Waals surface area (Å²) in [6.07, 6.45) is 4.02. The van der Waals surface area contributed by atoms with Crippen molar-refractivity contribution < 1.29 is 14.3 Å². The number of ketones is 1. The summed E-state index contributed by atoms with van der Waals surface area (Å²) in [5.74, 6) is 2.17. The first kappa shape index (κ1) is 18.8. The SMILES string of the molecule is COc1ccc(-n2cc(C3C4=C(CCCC4=O)Oc4ccc5ccccc5c43)nn2)cc1. The molecule has 0 spiro atoms. The molecule has 6 heteroatoms. The molecule has 1 aromatic heterocycles. The van der Waals surface area contributed by atoms with Crippen LogP contribution < -0.4 is 9.47 Å². The van der Waals surface area contributed by atoms with E-state index in [0.717, 1.165) is 63.4 Å². The Morgan fingerprint density at radius 2 is 1.88 bits per heavy atom. The van der Waals surface area contributed by atoms with Crippen LogP contribution in [0.3, 0.4) is 0 Å². The van der Waals surface area contributed by atoms with E-state index in [1.54, 1.807) is 11.8 Å². The van der Waals surface area contributed by atoms with E-state index in [2.05, 4.69) is 28.5 Å².